The summed E-state index contributed by atoms with van der Waals surface area (Å²) in [4.78, 5) is 13.5. The molecule has 0 spiro atoms. The van der Waals surface area contributed by atoms with Crippen molar-refractivity contribution in [1.82, 2.24) is 4.90 Å². The lowest BCUT2D eigenvalue weighted by Gasteiger charge is -2.45. The van der Waals surface area contributed by atoms with Gasteiger partial charge in [0.05, 0.1) is 0 Å². The number of benzene rings is 1. The van der Waals surface area contributed by atoms with Gasteiger partial charge in [0, 0.05) is 29.9 Å². The fourth-order valence-corrected chi connectivity index (χ4v) is 4.21. The first-order valence-electron chi connectivity index (χ1n) is 7.27. The van der Waals surface area contributed by atoms with Gasteiger partial charge in [-0.2, -0.15) is 8.42 Å². The Labute approximate surface area is 134 Å². The van der Waals surface area contributed by atoms with Crippen molar-refractivity contribution in [2.45, 2.75) is 36.3 Å². The van der Waals surface area contributed by atoms with Gasteiger partial charge in [-0.05, 0) is 30.5 Å². The summed E-state index contributed by atoms with van der Waals surface area (Å²) < 4.78 is 35.2. The highest BCUT2D eigenvalue weighted by Gasteiger charge is 2.45. The minimum absolute atomic E-state index is 0.0486. The molecule has 1 aliphatic carbocycles. The van der Waals surface area contributed by atoms with Gasteiger partial charge >= 0.3 is 10.2 Å². The maximum absolute atomic E-state index is 13.1. The number of hydrogen-bond donors (Lipinski definition) is 0. The Bertz CT molecular complexity index is 685. The van der Waals surface area contributed by atoms with E-state index in [2.05, 4.69) is 0 Å². The van der Waals surface area contributed by atoms with E-state index in [0.29, 0.717) is 11.6 Å². The second kappa shape index (κ2) is 5.49. The summed E-state index contributed by atoms with van der Waals surface area (Å²) in [6, 6.07) is 7.53. The van der Waals surface area contributed by atoms with Crippen LogP contribution in [0.2, 0.25) is 5.02 Å². The van der Waals surface area contributed by atoms with Crippen molar-refractivity contribution in [3.63, 3.8) is 0 Å². The molecule has 1 saturated carbocycles. The minimum Gasteiger partial charge on any atom is -0.340 e. The molecule has 1 aromatic rings. The number of amides is 1. The highest BCUT2D eigenvalue weighted by molar-refractivity contribution is 7.87. The van der Waals surface area contributed by atoms with Crippen LogP contribution in [0.15, 0.2) is 24.3 Å². The van der Waals surface area contributed by atoms with Gasteiger partial charge in [0.25, 0.3) is 0 Å². The van der Waals surface area contributed by atoms with Gasteiger partial charge in [-0.25, -0.2) is 0 Å². The van der Waals surface area contributed by atoms with E-state index < -0.39 is 15.5 Å². The van der Waals surface area contributed by atoms with Crippen molar-refractivity contribution < 1.29 is 17.1 Å². The molecule has 1 saturated heterocycles. The molecule has 1 unspecified atom stereocenters. The minimum atomic E-state index is -4.66. The average molecular weight is 346 g/mol. The number of hydrogen-bond acceptors (Lipinski definition) is 3. The number of nitrogens with zero attached hydrogens (tertiary/aromatic N) is 1. The zero-order valence-corrected chi connectivity index (χ0v) is 13.5. The number of carbonyl (C=O) groups is 1. The van der Waals surface area contributed by atoms with Crippen molar-refractivity contribution >= 4 is 27.7 Å². The van der Waals surface area contributed by atoms with Crippen molar-refractivity contribution in [2.24, 2.45) is 0 Å². The third-order valence-corrected chi connectivity index (χ3v) is 6.20. The third-order valence-electron chi connectivity index (χ3n) is 4.84. The normalized spacial score (nSPS) is 24.4. The van der Waals surface area contributed by atoms with Gasteiger partial charge in [0.1, 0.15) is 5.25 Å². The standard InChI is InChI=1S/C15H17ClFNO3S/c16-12-4-2-11(3-5-12)15(6-1-7-15)10-18-9-13(8-14(18)19)22(17,20)21/h2-5,13H,1,6-10H2. The van der Waals surface area contributed by atoms with Crippen LogP contribution in [0.4, 0.5) is 3.89 Å². The molecule has 22 heavy (non-hydrogen) atoms. The Morgan fingerprint density at radius 2 is 1.91 bits per heavy atom. The number of rotatable bonds is 4. The van der Waals surface area contributed by atoms with Crippen molar-refractivity contribution in [3.05, 3.63) is 34.9 Å². The van der Waals surface area contributed by atoms with Crippen LogP contribution in [0.1, 0.15) is 31.2 Å². The second-order valence-corrected chi connectivity index (χ2v) is 8.27. The molecule has 3 rings (SSSR count). The van der Waals surface area contributed by atoms with Gasteiger partial charge in [-0.15, -0.1) is 3.89 Å². The first-order chi connectivity index (χ1) is 10.3. The molecular weight excluding hydrogens is 329 g/mol. The monoisotopic (exact) mass is 345 g/mol. The topological polar surface area (TPSA) is 54.5 Å². The summed E-state index contributed by atoms with van der Waals surface area (Å²) >= 11 is 5.91. The Kier molecular flexibility index (Phi) is 3.93. The van der Waals surface area contributed by atoms with Crippen LogP contribution in [0.25, 0.3) is 0 Å². The molecule has 4 nitrogen and oxygen atoms in total. The summed E-state index contributed by atoms with van der Waals surface area (Å²) in [6.45, 7) is 0.395. The summed E-state index contributed by atoms with van der Waals surface area (Å²) in [5.41, 5.74) is 0.942. The van der Waals surface area contributed by atoms with Crippen LogP contribution in [0, 0.1) is 0 Å². The van der Waals surface area contributed by atoms with Crippen LogP contribution < -0.4 is 0 Å². The van der Waals surface area contributed by atoms with E-state index in [9.17, 15) is 17.1 Å². The number of halogens is 2. The molecule has 1 heterocycles. The third kappa shape index (κ3) is 2.86. The lowest BCUT2D eigenvalue weighted by atomic mass is 9.64. The van der Waals surface area contributed by atoms with E-state index in [0.717, 1.165) is 24.8 Å². The predicted octanol–water partition coefficient (Wildman–Crippen LogP) is 2.66. The lowest BCUT2D eigenvalue weighted by molar-refractivity contribution is -0.128. The van der Waals surface area contributed by atoms with E-state index in [1.165, 1.54) is 4.90 Å². The summed E-state index contributed by atoms with van der Waals surface area (Å²) in [7, 11) is -4.66. The lowest BCUT2D eigenvalue weighted by Crippen LogP contribution is -2.46. The summed E-state index contributed by atoms with van der Waals surface area (Å²) in [5, 5.41) is -0.568. The molecular formula is C15H17ClFNO3S. The smallest absolute Gasteiger partial charge is 0.307 e. The Hall–Kier alpha value is -1.14. The maximum Gasteiger partial charge on any atom is 0.307 e. The SMILES string of the molecule is O=C1CC(S(=O)(=O)F)CN1CC1(c2ccc(Cl)cc2)CCC1. The average Bonchev–Trinajstić information content (AvgIpc) is 2.76. The number of likely N-dealkylation sites (tertiary alicyclic amines) is 1. The van der Waals surface area contributed by atoms with Crippen molar-refractivity contribution in [3.8, 4) is 0 Å². The molecule has 7 heteroatoms. The van der Waals surface area contributed by atoms with Crippen LogP contribution >= 0.6 is 11.6 Å². The molecule has 120 valence electrons. The number of carbonyl (C=O) groups excluding carboxylic acids is 1. The first-order valence-corrected chi connectivity index (χ1v) is 9.10. The van der Waals surface area contributed by atoms with Crippen LogP contribution in [-0.2, 0) is 20.4 Å². The van der Waals surface area contributed by atoms with Crippen LogP contribution in [0.3, 0.4) is 0 Å². The second-order valence-electron chi connectivity index (χ2n) is 6.22. The Morgan fingerprint density at radius 3 is 2.36 bits per heavy atom. The molecule has 1 aromatic carbocycles. The Balaban J connectivity index is 1.79. The molecule has 1 amide bonds. The fraction of sp³-hybridized carbons (Fsp3) is 0.533. The first kappa shape index (κ1) is 15.7. The van der Waals surface area contributed by atoms with E-state index in [-0.39, 0.29) is 24.3 Å². The van der Waals surface area contributed by atoms with Crippen LogP contribution in [-0.4, -0.2) is 37.6 Å². The van der Waals surface area contributed by atoms with Gasteiger partial charge in [-0.3, -0.25) is 4.79 Å². The summed E-state index contributed by atoms with van der Waals surface area (Å²) in [5.74, 6) is -0.286. The maximum atomic E-state index is 13.1. The van der Waals surface area contributed by atoms with Crippen molar-refractivity contribution in [1.29, 1.82) is 0 Å². The zero-order chi connectivity index (χ0) is 16.0. The van der Waals surface area contributed by atoms with E-state index in [1.54, 1.807) is 0 Å². The quantitative estimate of drug-likeness (QED) is 0.788. The molecule has 1 atom stereocenters. The van der Waals surface area contributed by atoms with E-state index >= 15 is 0 Å². The molecule has 0 N–H and O–H groups in total. The molecule has 0 radical (unpaired) electrons. The van der Waals surface area contributed by atoms with Crippen LogP contribution in [0.5, 0.6) is 0 Å². The summed E-state index contributed by atoms with van der Waals surface area (Å²) in [6.07, 6.45) is 2.68. The molecule has 2 aliphatic rings. The van der Waals surface area contributed by atoms with E-state index in [4.69, 9.17) is 11.6 Å². The zero-order valence-electron chi connectivity index (χ0n) is 12.0. The Morgan fingerprint density at radius 1 is 1.27 bits per heavy atom. The predicted molar refractivity (Wildman–Crippen MR) is 82.0 cm³/mol. The van der Waals surface area contributed by atoms with Crippen molar-refractivity contribution in [2.75, 3.05) is 13.1 Å². The van der Waals surface area contributed by atoms with Gasteiger partial charge in [0.15, 0.2) is 0 Å². The molecule has 0 bridgehead atoms. The highest BCUT2D eigenvalue weighted by Crippen LogP contribution is 2.45. The molecule has 1 aliphatic heterocycles. The molecule has 2 fully saturated rings. The van der Waals surface area contributed by atoms with Gasteiger partial charge < -0.3 is 4.90 Å². The van der Waals surface area contributed by atoms with Gasteiger partial charge in [-0.1, -0.05) is 30.2 Å². The highest BCUT2D eigenvalue weighted by atomic mass is 35.5. The fourth-order valence-electron chi connectivity index (χ4n) is 3.39. The molecule has 0 aromatic heterocycles. The van der Waals surface area contributed by atoms with Gasteiger partial charge in [0.2, 0.25) is 5.91 Å². The largest absolute Gasteiger partial charge is 0.340 e. The van der Waals surface area contributed by atoms with E-state index in [1.807, 2.05) is 24.3 Å².